The molecule has 1 aromatic carbocycles. The predicted molar refractivity (Wildman–Crippen MR) is 69.8 cm³/mol. The van der Waals surface area contributed by atoms with E-state index >= 15 is 0 Å². The minimum Gasteiger partial charge on any atom is -0.484 e. The lowest BCUT2D eigenvalue weighted by Gasteiger charge is -2.08. The molecule has 0 unspecified atom stereocenters. The van der Waals surface area contributed by atoms with Gasteiger partial charge in [0.15, 0.2) is 6.61 Å². The number of carbonyl (C=O) groups excluding carboxylic acids is 1. The molecule has 1 heterocycles. The second-order valence-corrected chi connectivity index (χ2v) is 4.30. The van der Waals surface area contributed by atoms with Crippen molar-refractivity contribution < 1.29 is 14.1 Å². The average Bonchev–Trinajstić information content (AvgIpc) is 2.91. The molecule has 1 N–H and O–H groups in total. The Morgan fingerprint density at radius 2 is 2.16 bits per heavy atom. The molecule has 100 valence electrons. The first-order valence-corrected chi connectivity index (χ1v) is 6.01. The van der Waals surface area contributed by atoms with Crippen molar-refractivity contribution in [2.45, 2.75) is 20.4 Å². The van der Waals surface area contributed by atoms with E-state index in [4.69, 9.17) is 4.74 Å². The maximum absolute atomic E-state index is 11.6. The first-order valence-electron chi connectivity index (χ1n) is 6.01. The summed E-state index contributed by atoms with van der Waals surface area (Å²) in [6, 6.07) is 7.44. The Morgan fingerprint density at radius 1 is 1.32 bits per heavy atom. The van der Waals surface area contributed by atoms with Gasteiger partial charge in [0.1, 0.15) is 17.7 Å². The van der Waals surface area contributed by atoms with E-state index in [0.717, 1.165) is 5.56 Å². The molecule has 5 nitrogen and oxygen atoms in total. The zero-order valence-corrected chi connectivity index (χ0v) is 11.0. The van der Waals surface area contributed by atoms with Crippen molar-refractivity contribution in [3.8, 4) is 5.75 Å². The van der Waals surface area contributed by atoms with Crippen molar-refractivity contribution >= 4 is 5.91 Å². The van der Waals surface area contributed by atoms with Crippen LogP contribution in [0.25, 0.3) is 0 Å². The van der Waals surface area contributed by atoms with Gasteiger partial charge < -0.3 is 14.6 Å². The highest BCUT2D eigenvalue weighted by Gasteiger charge is 2.04. The molecule has 2 aromatic rings. The SMILES string of the molecule is Cc1ccc(OCC(=O)NCc2ccon2)cc1C. The highest BCUT2D eigenvalue weighted by atomic mass is 16.5. The number of rotatable bonds is 5. The van der Waals surface area contributed by atoms with Gasteiger partial charge in [-0.15, -0.1) is 0 Å². The van der Waals surface area contributed by atoms with Gasteiger partial charge in [-0.3, -0.25) is 4.79 Å². The van der Waals surface area contributed by atoms with Gasteiger partial charge in [0, 0.05) is 6.07 Å². The molecule has 1 aromatic heterocycles. The van der Waals surface area contributed by atoms with Crippen LogP contribution in [0, 0.1) is 13.8 Å². The molecule has 0 atom stereocenters. The summed E-state index contributed by atoms with van der Waals surface area (Å²) in [6.07, 6.45) is 1.47. The van der Waals surface area contributed by atoms with Gasteiger partial charge in [0.2, 0.25) is 0 Å². The second kappa shape index (κ2) is 6.04. The number of nitrogens with one attached hydrogen (secondary N) is 1. The Morgan fingerprint density at radius 3 is 2.84 bits per heavy atom. The molecule has 0 saturated heterocycles. The molecule has 0 aliphatic heterocycles. The number of ether oxygens (including phenoxy) is 1. The fourth-order valence-electron chi connectivity index (χ4n) is 1.52. The molecule has 0 spiro atoms. The van der Waals surface area contributed by atoms with Crippen LogP contribution in [-0.2, 0) is 11.3 Å². The molecule has 2 rings (SSSR count). The molecule has 0 aliphatic rings. The van der Waals surface area contributed by atoms with Crippen LogP contribution in [0.15, 0.2) is 35.1 Å². The van der Waals surface area contributed by atoms with Gasteiger partial charge >= 0.3 is 0 Å². The van der Waals surface area contributed by atoms with Crippen LogP contribution < -0.4 is 10.1 Å². The van der Waals surface area contributed by atoms with Gasteiger partial charge in [-0.25, -0.2) is 0 Å². The molecule has 5 heteroatoms. The van der Waals surface area contributed by atoms with Crippen LogP contribution in [0.1, 0.15) is 16.8 Å². The van der Waals surface area contributed by atoms with Gasteiger partial charge in [-0.1, -0.05) is 11.2 Å². The number of aromatic nitrogens is 1. The summed E-state index contributed by atoms with van der Waals surface area (Å²) in [5.41, 5.74) is 3.02. The Bertz CT molecular complexity index is 550. The van der Waals surface area contributed by atoms with Gasteiger partial charge in [-0.05, 0) is 37.1 Å². The molecule has 0 saturated carbocycles. The van der Waals surface area contributed by atoms with Crippen molar-refractivity contribution in [1.29, 1.82) is 0 Å². The van der Waals surface area contributed by atoms with Crippen molar-refractivity contribution in [1.82, 2.24) is 10.5 Å². The molecule has 1 amide bonds. The Kier molecular flexibility index (Phi) is 4.18. The standard InChI is InChI=1S/C14H16N2O3/c1-10-3-4-13(7-11(10)2)18-9-14(17)15-8-12-5-6-19-16-12/h3-7H,8-9H2,1-2H3,(H,15,17). The van der Waals surface area contributed by atoms with E-state index < -0.39 is 0 Å². The van der Waals surface area contributed by atoms with Crippen LogP contribution in [0.4, 0.5) is 0 Å². The average molecular weight is 260 g/mol. The Hall–Kier alpha value is -2.30. The maximum atomic E-state index is 11.6. The highest BCUT2D eigenvalue weighted by Crippen LogP contribution is 2.16. The predicted octanol–water partition coefficient (Wildman–Crippen LogP) is 1.99. The van der Waals surface area contributed by atoms with Crippen LogP contribution >= 0.6 is 0 Å². The third kappa shape index (κ3) is 3.84. The zero-order chi connectivity index (χ0) is 13.7. The molecule has 19 heavy (non-hydrogen) atoms. The van der Waals surface area contributed by atoms with Crippen molar-refractivity contribution in [3.63, 3.8) is 0 Å². The lowest BCUT2D eigenvalue weighted by atomic mass is 10.1. The van der Waals surface area contributed by atoms with Crippen molar-refractivity contribution in [2.24, 2.45) is 0 Å². The lowest BCUT2D eigenvalue weighted by Crippen LogP contribution is -2.28. The largest absolute Gasteiger partial charge is 0.484 e. The molecule has 0 bridgehead atoms. The summed E-state index contributed by atoms with van der Waals surface area (Å²) < 4.78 is 10.1. The van der Waals surface area contributed by atoms with E-state index in [1.807, 2.05) is 32.0 Å². The summed E-state index contributed by atoms with van der Waals surface area (Å²) in [6.45, 7) is 4.36. The molecular weight excluding hydrogens is 244 g/mol. The van der Waals surface area contributed by atoms with Crippen LogP contribution in [0.2, 0.25) is 0 Å². The normalized spacial score (nSPS) is 10.2. The minimum atomic E-state index is -0.193. The molecule has 0 fully saturated rings. The minimum absolute atomic E-state index is 0.0135. The summed E-state index contributed by atoms with van der Waals surface area (Å²) in [5.74, 6) is 0.501. The van der Waals surface area contributed by atoms with Crippen LogP contribution in [0.5, 0.6) is 5.75 Å². The number of nitrogens with zero attached hydrogens (tertiary/aromatic N) is 1. The smallest absolute Gasteiger partial charge is 0.258 e. The van der Waals surface area contributed by atoms with E-state index in [9.17, 15) is 4.79 Å². The fourth-order valence-corrected chi connectivity index (χ4v) is 1.52. The van der Waals surface area contributed by atoms with Crippen molar-refractivity contribution in [2.75, 3.05) is 6.61 Å². The Labute approximate surface area is 111 Å². The summed E-state index contributed by atoms with van der Waals surface area (Å²) in [4.78, 5) is 11.6. The molecular formula is C14H16N2O3. The van der Waals surface area contributed by atoms with E-state index in [2.05, 4.69) is 15.0 Å². The van der Waals surface area contributed by atoms with Gasteiger partial charge in [-0.2, -0.15) is 0 Å². The quantitative estimate of drug-likeness (QED) is 0.892. The number of hydrogen-bond acceptors (Lipinski definition) is 4. The number of carbonyl (C=O) groups is 1. The van der Waals surface area contributed by atoms with Gasteiger partial charge in [0.05, 0.1) is 6.54 Å². The fraction of sp³-hybridized carbons (Fsp3) is 0.286. The molecule has 0 radical (unpaired) electrons. The first-order chi connectivity index (χ1) is 9.15. The number of amides is 1. The van der Waals surface area contributed by atoms with E-state index in [1.165, 1.54) is 11.8 Å². The van der Waals surface area contributed by atoms with E-state index in [0.29, 0.717) is 18.0 Å². The van der Waals surface area contributed by atoms with Gasteiger partial charge in [0.25, 0.3) is 5.91 Å². The maximum Gasteiger partial charge on any atom is 0.258 e. The zero-order valence-electron chi connectivity index (χ0n) is 11.0. The topological polar surface area (TPSA) is 64.4 Å². The number of hydrogen-bond donors (Lipinski definition) is 1. The number of aryl methyl sites for hydroxylation is 2. The second-order valence-electron chi connectivity index (χ2n) is 4.30. The van der Waals surface area contributed by atoms with E-state index in [1.54, 1.807) is 6.07 Å². The van der Waals surface area contributed by atoms with E-state index in [-0.39, 0.29) is 12.5 Å². The first kappa shape index (κ1) is 13.1. The Balaban J connectivity index is 1.78. The summed E-state index contributed by atoms with van der Waals surface area (Å²) in [7, 11) is 0. The third-order valence-corrected chi connectivity index (χ3v) is 2.81. The lowest BCUT2D eigenvalue weighted by molar-refractivity contribution is -0.123. The van der Waals surface area contributed by atoms with Crippen LogP contribution in [-0.4, -0.2) is 17.7 Å². The highest BCUT2D eigenvalue weighted by molar-refractivity contribution is 5.77. The van der Waals surface area contributed by atoms with Crippen LogP contribution in [0.3, 0.4) is 0 Å². The molecule has 0 aliphatic carbocycles. The summed E-state index contributed by atoms with van der Waals surface area (Å²) in [5, 5.41) is 6.39. The monoisotopic (exact) mass is 260 g/mol. The van der Waals surface area contributed by atoms with Crippen molar-refractivity contribution in [3.05, 3.63) is 47.3 Å². The third-order valence-electron chi connectivity index (χ3n) is 2.81. The summed E-state index contributed by atoms with van der Waals surface area (Å²) >= 11 is 0. The number of benzene rings is 1.